The minimum Gasteiger partial charge on any atom is -0.480 e. The molecule has 1 amide bonds. The number of carboxylic acids is 1. The fourth-order valence-electron chi connectivity index (χ4n) is 2.50. The Hall–Kier alpha value is -2.19. The Kier molecular flexibility index (Phi) is 4.18. The van der Waals surface area contributed by atoms with Crippen LogP contribution in [0.15, 0.2) is 22.8 Å². The summed E-state index contributed by atoms with van der Waals surface area (Å²) in [6.07, 6.45) is 2.01. The van der Waals surface area contributed by atoms with Gasteiger partial charge in [-0.3, -0.25) is 4.79 Å². The number of nitrogens with one attached hydrogen (secondary N) is 1. The largest absolute Gasteiger partial charge is 0.480 e. The lowest BCUT2D eigenvalue weighted by molar-refractivity contribution is -0.148. The number of carbonyl (C=O) groups excluding carboxylic acids is 1. The summed E-state index contributed by atoms with van der Waals surface area (Å²) in [4.78, 5) is 29.1. The second kappa shape index (κ2) is 6.13. The van der Waals surface area contributed by atoms with Gasteiger partial charge in [-0.15, -0.1) is 11.3 Å². The summed E-state index contributed by atoms with van der Waals surface area (Å²) in [5, 5.41) is 12.7. The summed E-state index contributed by atoms with van der Waals surface area (Å²) >= 11 is 1.33. The normalized spacial score (nSPS) is 16.9. The summed E-state index contributed by atoms with van der Waals surface area (Å²) < 4.78 is 10.5. The van der Waals surface area contributed by atoms with Gasteiger partial charge in [-0.1, -0.05) is 0 Å². The van der Waals surface area contributed by atoms with Crippen molar-refractivity contribution in [2.24, 2.45) is 0 Å². The molecule has 0 radical (unpaired) electrons. The molecular weight excluding hydrogens is 320 g/mol. The van der Waals surface area contributed by atoms with Crippen molar-refractivity contribution in [2.45, 2.75) is 25.3 Å². The Labute approximate surface area is 136 Å². The van der Waals surface area contributed by atoms with E-state index in [1.807, 2.05) is 0 Å². The van der Waals surface area contributed by atoms with Crippen molar-refractivity contribution in [2.75, 3.05) is 13.2 Å². The van der Waals surface area contributed by atoms with Crippen LogP contribution >= 0.6 is 11.3 Å². The molecule has 2 aromatic rings. The molecule has 1 saturated heterocycles. The van der Waals surface area contributed by atoms with Crippen molar-refractivity contribution in [1.82, 2.24) is 10.3 Å². The van der Waals surface area contributed by atoms with Crippen molar-refractivity contribution in [1.29, 1.82) is 0 Å². The van der Waals surface area contributed by atoms with Crippen molar-refractivity contribution in [3.63, 3.8) is 0 Å². The minimum atomic E-state index is -1.30. The van der Waals surface area contributed by atoms with Crippen LogP contribution in [0, 0.1) is 6.92 Å². The first kappa shape index (κ1) is 15.7. The van der Waals surface area contributed by atoms with Crippen LogP contribution in [0.3, 0.4) is 0 Å². The van der Waals surface area contributed by atoms with E-state index < -0.39 is 17.4 Å². The average molecular weight is 336 g/mol. The van der Waals surface area contributed by atoms with Gasteiger partial charge in [0.25, 0.3) is 5.91 Å². The zero-order valence-electron chi connectivity index (χ0n) is 12.5. The third-order valence-corrected chi connectivity index (χ3v) is 4.84. The highest BCUT2D eigenvalue weighted by atomic mass is 32.1. The zero-order valence-corrected chi connectivity index (χ0v) is 13.3. The van der Waals surface area contributed by atoms with Crippen LogP contribution in [0.1, 0.15) is 28.2 Å². The average Bonchev–Trinajstić information content (AvgIpc) is 3.17. The predicted molar refractivity (Wildman–Crippen MR) is 82.4 cm³/mol. The molecular formula is C15H16N2O5S. The molecule has 0 spiro atoms. The monoisotopic (exact) mass is 336 g/mol. The number of ether oxygens (including phenoxy) is 1. The van der Waals surface area contributed by atoms with Gasteiger partial charge in [0, 0.05) is 30.9 Å². The number of aliphatic carboxylic acids is 1. The van der Waals surface area contributed by atoms with E-state index in [0.717, 1.165) is 0 Å². The van der Waals surface area contributed by atoms with E-state index in [2.05, 4.69) is 10.3 Å². The molecule has 0 bridgehead atoms. The molecule has 0 saturated carbocycles. The molecule has 0 aliphatic carbocycles. The first-order valence-electron chi connectivity index (χ1n) is 7.17. The number of aryl methyl sites for hydroxylation is 1. The molecule has 7 nitrogen and oxygen atoms in total. The lowest BCUT2D eigenvalue weighted by atomic mass is 9.90. The van der Waals surface area contributed by atoms with Crippen LogP contribution in [0.4, 0.5) is 0 Å². The van der Waals surface area contributed by atoms with Gasteiger partial charge >= 0.3 is 5.97 Å². The quantitative estimate of drug-likeness (QED) is 0.886. The first-order valence-corrected chi connectivity index (χ1v) is 7.98. The SMILES string of the molecule is Cc1sc(-c2ccco2)nc1C(=O)NC1(C(=O)O)CCOCC1. The number of carbonyl (C=O) groups is 2. The molecule has 1 aliphatic rings. The van der Waals surface area contributed by atoms with Gasteiger partial charge in [0.05, 0.1) is 6.26 Å². The number of nitrogens with zero attached hydrogens (tertiary/aromatic N) is 1. The Morgan fingerprint density at radius 1 is 1.39 bits per heavy atom. The molecule has 2 aromatic heterocycles. The topological polar surface area (TPSA) is 102 Å². The van der Waals surface area contributed by atoms with Gasteiger partial charge in [-0.05, 0) is 19.1 Å². The number of hydrogen-bond acceptors (Lipinski definition) is 6. The number of hydrogen-bond donors (Lipinski definition) is 2. The highest BCUT2D eigenvalue weighted by Crippen LogP contribution is 2.29. The minimum absolute atomic E-state index is 0.230. The van der Waals surface area contributed by atoms with E-state index in [0.29, 0.717) is 28.9 Å². The lowest BCUT2D eigenvalue weighted by Gasteiger charge is -2.33. The number of aromatic nitrogens is 1. The fraction of sp³-hybridized carbons (Fsp3) is 0.400. The van der Waals surface area contributed by atoms with E-state index in [9.17, 15) is 14.7 Å². The maximum absolute atomic E-state index is 12.5. The van der Waals surface area contributed by atoms with Gasteiger partial charge in [0.15, 0.2) is 10.8 Å². The number of thiazole rings is 1. The van der Waals surface area contributed by atoms with E-state index in [1.54, 1.807) is 19.1 Å². The molecule has 0 atom stereocenters. The third-order valence-electron chi connectivity index (χ3n) is 3.85. The fourth-order valence-corrected chi connectivity index (χ4v) is 3.38. The standard InChI is InChI=1S/C15H16N2O5S/c1-9-11(16-13(23-9)10-3-2-6-22-10)12(18)17-15(14(19)20)4-7-21-8-5-15/h2-3,6H,4-5,7-8H2,1H3,(H,17,18)(H,19,20). The number of amides is 1. The molecule has 2 N–H and O–H groups in total. The molecule has 3 rings (SSSR count). The Balaban J connectivity index is 1.84. The Morgan fingerprint density at radius 3 is 2.74 bits per heavy atom. The van der Waals surface area contributed by atoms with Crippen LogP contribution in [0.5, 0.6) is 0 Å². The summed E-state index contributed by atoms with van der Waals surface area (Å²) in [5.74, 6) is -0.953. The maximum Gasteiger partial charge on any atom is 0.329 e. The van der Waals surface area contributed by atoms with Gasteiger partial charge < -0.3 is 19.6 Å². The number of carboxylic acid groups (broad SMARTS) is 1. The summed E-state index contributed by atoms with van der Waals surface area (Å²) in [6.45, 7) is 2.39. The van der Waals surface area contributed by atoms with Crippen molar-refractivity contribution in [3.05, 3.63) is 29.0 Å². The lowest BCUT2D eigenvalue weighted by Crippen LogP contribution is -2.57. The van der Waals surface area contributed by atoms with Crippen LogP contribution in [-0.2, 0) is 9.53 Å². The van der Waals surface area contributed by atoms with E-state index in [4.69, 9.17) is 9.15 Å². The van der Waals surface area contributed by atoms with E-state index in [1.165, 1.54) is 17.6 Å². The smallest absolute Gasteiger partial charge is 0.329 e. The zero-order chi connectivity index (χ0) is 16.4. The highest BCUT2D eigenvalue weighted by Gasteiger charge is 2.42. The third kappa shape index (κ3) is 2.99. The Bertz CT molecular complexity index is 716. The van der Waals surface area contributed by atoms with Crippen LogP contribution in [0.2, 0.25) is 0 Å². The molecule has 1 fully saturated rings. The maximum atomic E-state index is 12.5. The van der Waals surface area contributed by atoms with Crippen molar-refractivity contribution in [3.8, 4) is 10.8 Å². The molecule has 1 aliphatic heterocycles. The number of rotatable bonds is 4. The summed E-state index contributed by atoms with van der Waals surface area (Å²) in [6, 6.07) is 3.50. The first-order chi connectivity index (χ1) is 11.0. The van der Waals surface area contributed by atoms with Gasteiger partial charge in [0.2, 0.25) is 0 Å². The predicted octanol–water partition coefficient (Wildman–Crippen LogP) is 2.08. The Morgan fingerprint density at radius 2 is 2.13 bits per heavy atom. The van der Waals surface area contributed by atoms with Crippen LogP contribution < -0.4 is 5.32 Å². The van der Waals surface area contributed by atoms with Gasteiger partial charge in [-0.2, -0.15) is 0 Å². The molecule has 3 heterocycles. The summed E-state index contributed by atoms with van der Waals surface area (Å²) in [7, 11) is 0. The van der Waals surface area contributed by atoms with Crippen LogP contribution in [0.25, 0.3) is 10.8 Å². The van der Waals surface area contributed by atoms with Crippen molar-refractivity contribution >= 4 is 23.2 Å². The highest BCUT2D eigenvalue weighted by molar-refractivity contribution is 7.15. The molecule has 23 heavy (non-hydrogen) atoms. The second-order valence-electron chi connectivity index (χ2n) is 5.35. The molecule has 8 heteroatoms. The second-order valence-corrected chi connectivity index (χ2v) is 6.56. The van der Waals surface area contributed by atoms with Gasteiger partial charge in [0.1, 0.15) is 11.2 Å². The van der Waals surface area contributed by atoms with E-state index >= 15 is 0 Å². The number of furan rings is 1. The van der Waals surface area contributed by atoms with Crippen molar-refractivity contribution < 1.29 is 23.8 Å². The van der Waals surface area contributed by atoms with E-state index in [-0.39, 0.29) is 18.5 Å². The molecule has 0 unspecified atom stereocenters. The van der Waals surface area contributed by atoms with Gasteiger partial charge in [-0.25, -0.2) is 9.78 Å². The summed E-state index contributed by atoms with van der Waals surface area (Å²) in [5.41, 5.74) is -1.07. The molecule has 0 aromatic carbocycles. The van der Waals surface area contributed by atoms with Crippen LogP contribution in [-0.4, -0.2) is 40.7 Å². The molecule has 122 valence electrons.